The molecule has 18 heavy (non-hydrogen) atoms. The summed E-state index contributed by atoms with van der Waals surface area (Å²) in [5.74, 6) is 0.310. The van der Waals surface area contributed by atoms with Crippen molar-refractivity contribution in [3.63, 3.8) is 0 Å². The van der Waals surface area contributed by atoms with Crippen LogP contribution in [-0.2, 0) is 0 Å². The monoisotopic (exact) mass is 241 g/mol. The van der Waals surface area contributed by atoms with Crippen LogP contribution in [0, 0.1) is 19.7 Å². The Morgan fingerprint density at radius 3 is 2.67 bits per heavy atom. The molecule has 0 radical (unpaired) electrons. The van der Waals surface area contributed by atoms with Crippen LogP contribution in [0.4, 0.5) is 4.39 Å². The van der Waals surface area contributed by atoms with Crippen molar-refractivity contribution in [2.45, 2.75) is 13.8 Å². The first kappa shape index (κ1) is 11.0. The number of rotatable bonds is 1. The minimum Gasteiger partial charge on any atom is -0.436 e. The van der Waals surface area contributed by atoms with Gasteiger partial charge in [0.25, 0.3) is 0 Å². The van der Waals surface area contributed by atoms with Gasteiger partial charge >= 0.3 is 0 Å². The van der Waals surface area contributed by atoms with E-state index in [-0.39, 0.29) is 5.82 Å². The molecule has 0 unspecified atom stereocenters. The molecule has 0 aliphatic rings. The van der Waals surface area contributed by atoms with Gasteiger partial charge < -0.3 is 4.42 Å². The van der Waals surface area contributed by atoms with E-state index in [1.54, 1.807) is 19.1 Å². The van der Waals surface area contributed by atoms with Gasteiger partial charge in [0.2, 0.25) is 5.89 Å². The molecule has 1 heterocycles. The molecule has 0 amide bonds. The number of hydrogen-bond acceptors (Lipinski definition) is 2. The number of aromatic nitrogens is 1. The van der Waals surface area contributed by atoms with E-state index in [9.17, 15) is 4.39 Å². The van der Waals surface area contributed by atoms with Crippen molar-refractivity contribution < 1.29 is 8.81 Å². The van der Waals surface area contributed by atoms with Gasteiger partial charge in [-0.1, -0.05) is 6.07 Å². The van der Waals surface area contributed by atoms with Crippen LogP contribution in [0.2, 0.25) is 0 Å². The van der Waals surface area contributed by atoms with Gasteiger partial charge in [-0.2, -0.15) is 0 Å². The molecule has 0 spiro atoms. The number of benzene rings is 2. The lowest BCUT2D eigenvalue weighted by Crippen LogP contribution is -1.84. The third kappa shape index (κ3) is 1.78. The fourth-order valence-corrected chi connectivity index (χ4v) is 1.94. The van der Waals surface area contributed by atoms with Gasteiger partial charge in [0.05, 0.1) is 0 Å². The van der Waals surface area contributed by atoms with Crippen molar-refractivity contribution in [1.29, 1.82) is 0 Å². The zero-order chi connectivity index (χ0) is 12.7. The highest BCUT2D eigenvalue weighted by Crippen LogP contribution is 2.26. The van der Waals surface area contributed by atoms with Crippen molar-refractivity contribution >= 4 is 11.1 Å². The fourth-order valence-electron chi connectivity index (χ4n) is 1.94. The van der Waals surface area contributed by atoms with Crippen LogP contribution in [0.25, 0.3) is 22.6 Å². The molecule has 1 aromatic heterocycles. The molecular formula is C15H12FNO. The average Bonchev–Trinajstić information content (AvgIpc) is 2.75. The molecule has 0 saturated heterocycles. The van der Waals surface area contributed by atoms with Crippen molar-refractivity contribution in [2.24, 2.45) is 0 Å². The van der Waals surface area contributed by atoms with Crippen LogP contribution >= 0.6 is 0 Å². The predicted octanol–water partition coefficient (Wildman–Crippen LogP) is 4.25. The Bertz CT molecular complexity index is 730. The van der Waals surface area contributed by atoms with E-state index in [0.717, 1.165) is 22.2 Å². The Labute approximate surface area is 104 Å². The second-order valence-corrected chi connectivity index (χ2v) is 4.45. The Balaban J connectivity index is 2.16. The normalized spacial score (nSPS) is 11.1. The van der Waals surface area contributed by atoms with Crippen LogP contribution in [0.3, 0.4) is 0 Å². The number of halogens is 1. The molecule has 3 aromatic rings. The lowest BCUT2D eigenvalue weighted by atomic mass is 10.1. The van der Waals surface area contributed by atoms with E-state index < -0.39 is 0 Å². The number of aryl methyl sites for hydroxylation is 2. The summed E-state index contributed by atoms with van der Waals surface area (Å²) in [7, 11) is 0. The summed E-state index contributed by atoms with van der Waals surface area (Å²) in [5.41, 5.74) is 4.09. The summed E-state index contributed by atoms with van der Waals surface area (Å²) in [6.07, 6.45) is 0. The smallest absolute Gasteiger partial charge is 0.227 e. The summed E-state index contributed by atoms with van der Waals surface area (Å²) in [6.45, 7) is 3.74. The second kappa shape index (κ2) is 3.95. The molecule has 3 rings (SSSR count). The van der Waals surface area contributed by atoms with Gasteiger partial charge in [-0.15, -0.1) is 0 Å². The maximum atomic E-state index is 13.2. The molecular weight excluding hydrogens is 229 g/mol. The lowest BCUT2D eigenvalue weighted by Gasteiger charge is -1.98. The minimum atomic E-state index is -0.217. The van der Waals surface area contributed by atoms with Gasteiger partial charge in [0.15, 0.2) is 5.58 Å². The first-order chi connectivity index (χ1) is 8.63. The van der Waals surface area contributed by atoms with Crippen LogP contribution in [-0.4, -0.2) is 4.98 Å². The van der Waals surface area contributed by atoms with Crippen molar-refractivity contribution in [3.8, 4) is 11.5 Å². The third-order valence-electron chi connectivity index (χ3n) is 2.95. The van der Waals surface area contributed by atoms with Crippen molar-refractivity contribution in [3.05, 3.63) is 53.3 Å². The number of oxazole rings is 1. The summed E-state index contributed by atoms with van der Waals surface area (Å²) >= 11 is 0. The maximum Gasteiger partial charge on any atom is 0.227 e. The summed E-state index contributed by atoms with van der Waals surface area (Å²) in [4.78, 5) is 4.43. The lowest BCUT2D eigenvalue weighted by molar-refractivity contribution is 0.612. The van der Waals surface area contributed by atoms with Crippen LogP contribution < -0.4 is 0 Å². The molecule has 0 saturated carbocycles. The van der Waals surface area contributed by atoms with Gasteiger partial charge in [0.1, 0.15) is 11.3 Å². The van der Waals surface area contributed by atoms with E-state index in [1.165, 1.54) is 6.07 Å². The Morgan fingerprint density at radius 2 is 1.89 bits per heavy atom. The van der Waals surface area contributed by atoms with E-state index in [4.69, 9.17) is 4.42 Å². The third-order valence-corrected chi connectivity index (χ3v) is 2.95. The standard InChI is InChI=1S/C15H12FNO/c1-9-3-6-14-13(7-9)17-15(18-14)11-4-5-12(16)10(2)8-11/h3-8H,1-2H3. The quantitative estimate of drug-likeness (QED) is 0.636. The number of fused-ring (bicyclic) bond motifs is 1. The fraction of sp³-hybridized carbons (Fsp3) is 0.133. The Hall–Kier alpha value is -2.16. The summed E-state index contributed by atoms with van der Waals surface area (Å²) in [5, 5.41) is 0. The van der Waals surface area contributed by atoms with E-state index in [1.807, 2.05) is 25.1 Å². The largest absolute Gasteiger partial charge is 0.436 e. The van der Waals surface area contributed by atoms with E-state index in [2.05, 4.69) is 4.98 Å². The molecule has 0 aliphatic carbocycles. The highest BCUT2D eigenvalue weighted by atomic mass is 19.1. The minimum absolute atomic E-state index is 0.217. The number of hydrogen-bond donors (Lipinski definition) is 0. The zero-order valence-electron chi connectivity index (χ0n) is 10.2. The summed E-state index contributed by atoms with van der Waals surface area (Å²) in [6, 6.07) is 10.7. The highest BCUT2D eigenvalue weighted by molar-refractivity contribution is 5.76. The average molecular weight is 241 g/mol. The molecule has 0 bridgehead atoms. The molecule has 0 fully saturated rings. The topological polar surface area (TPSA) is 26.0 Å². The highest BCUT2D eigenvalue weighted by Gasteiger charge is 2.09. The zero-order valence-corrected chi connectivity index (χ0v) is 10.2. The van der Waals surface area contributed by atoms with Crippen LogP contribution in [0.15, 0.2) is 40.8 Å². The van der Waals surface area contributed by atoms with Gasteiger partial charge in [-0.05, 0) is 55.3 Å². The Kier molecular flexibility index (Phi) is 2.40. The predicted molar refractivity (Wildman–Crippen MR) is 68.9 cm³/mol. The first-order valence-corrected chi connectivity index (χ1v) is 5.77. The van der Waals surface area contributed by atoms with Crippen molar-refractivity contribution in [1.82, 2.24) is 4.98 Å². The molecule has 3 heteroatoms. The maximum absolute atomic E-state index is 13.2. The molecule has 0 aliphatic heterocycles. The molecule has 0 atom stereocenters. The molecule has 2 nitrogen and oxygen atoms in total. The van der Waals surface area contributed by atoms with Gasteiger partial charge in [0, 0.05) is 5.56 Å². The molecule has 0 N–H and O–H groups in total. The van der Waals surface area contributed by atoms with Crippen molar-refractivity contribution in [2.75, 3.05) is 0 Å². The Morgan fingerprint density at radius 1 is 1.06 bits per heavy atom. The van der Waals surface area contributed by atoms with E-state index in [0.29, 0.717) is 11.5 Å². The molecule has 90 valence electrons. The van der Waals surface area contributed by atoms with Gasteiger partial charge in [-0.25, -0.2) is 9.37 Å². The first-order valence-electron chi connectivity index (χ1n) is 5.77. The molecule has 2 aromatic carbocycles. The van der Waals surface area contributed by atoms with Gasteiger partial charge in [-0.3, -0.25) is 0 Å². The second-order valence-electron chi connectivity index (χ2n) is 4.45. The summed E-state index contributed by atoms with van der Waals surface area (Å²) < 4.78 is 18.9. The van der Waals surface area contributed by atoms with Crippen LogP contribution in [0.5, 0.6) is 0 Å². The van der Waals surface area contributed by atoms with E-state index >= 15 is 0 Å². The van der Waals surface area contributed by atoms with Crippen LogP contribution in [0.1, 0.15) is 11.1 Å². The SMILES string of the molecule is Cc1ccc2oc(-c3ccc(F)c(C)c3)nc2c1. The number of nitrogens with zero attached hydrogens (tertiary/aromatic N) is 1.